The molecule has 100 valence electrons. The van der Waals surface area contributed by atoms with Gasteiger partial charge in [-0.1, -0.05) is 0 Å². The van der Waals surface area contributed by atoms with Crippen LogP contribution in [0.25, 0.3) is 0 Å². The lowest BCUT2D eigenvalue weighted by molar-refractivity contribution is 0.0696. The van der Waals surface area contributed by atoms with Crippen molar-refractivity contribution >= 4 is 28.8 Å². The zero-order chi connectivity index (χ0) is 14.0. The van der Waals surface area contributed by atoms with Gasteiger partial charge >= 0.3 is 5.97 Å². The van der Waals surface area contributed by atoms with E-state index in [-0.39, 0.29) is 5.56 Å². The number of pyridine rings is 1. The number of hydrogen-bond acceptors (Lipinski definition) is 6. The van der Waals surface area contributed by atoms with Crippen LogP contribution in [0, 0.1) is 6.92 Å². The SMILES string of the molecule is Cc1ncsc1CN(C)c1ncc(C(=O)O)cc1N. The lowest BCUT2D eigenvalue weighted by Gasteiger charge is -2.19. The van der Waals surface area contributed by atoms with Gasteiger partial charge in [-0.15, -0.1) is 11.3 Å². The second-order valence-corrected chi connectivity index (χ2v) is 5.10. The first-order valence-corrected chi connectivity index (χ1v) is 6.46. The molecule has 0 fully saturated rings. The molecule has 0 saturated carbocycles. The van der Waals surface area contributed by atoms with E-state index >= 15 is 0 Å². The van der Waals surface area contributed by atoms with Gasteiger partial charge in [0.15, 0.2) is 5.82 Å². The molecular formula is C12H14N4O2S. The molecule has 19 heavy (non-hydrogen) atoms. The summed E-state index contributed by atoms with van der Waals surface area (Å²) < 4.78 is 0. The molecule has 0 aliphatic heterocycles. The first-order valence-electron chi connectivity index (χ1n) is 5.58. The third-order valence-electron chi connectivity index (χ3n) is 2.73. The number of aromatic nitrogens is 2. The van der Waals surface area contributed by atoms with Gasteiger partial charge in [0.25, 0.3) is 0 Å². The number of anilines is 2. The first-order chi connectivity index (χ1) is 8.99. The van der Waals surface area contributed by atoms with Crippen molar-refractivity contribution in [2.24, 2.45) is 0 Å². The van der Waals surface area contributed by atoms with Crippen LogP contribution in [0.2, 0.25) is 0 Å². The summed E-state index contributed by atoms with van der Waals surface area (Å²) in [5, 5.41) is 8.87. The molecule has 0 aliphatic carbocycles. The van der Waals surface area contributed by atoms with E-state index in [0.29, 0.717) is 18.1 Å². The second kappa shape index (κ2) is 5.23. The van der Waals surface area contributed by atoms with Crippen molar-refractivity contribution in [1.82, 2.24) is 9.97 Å². The van der Waals surface area contributed by atoms with Crippen LogP contribution in [0.1, 0.15) is 20.9 Å². The van der Waals surface area contributed by atoms with E-state index < -0.39 is 5.97 Å². The molecular weight excluding hydrogens is 264 g/mol. The average Bonchev–Trinajstić information content (AvgIpc) is 2.74. The number of carboxylic acid groups (broad SMARTS) is 1. The van der Waals surface area contributed by atoms with E-state index in [1.54, 1.807) is 16.8 Å². The van der Waals surface area contributed by atoms with Crippen molar-refractivity contribution in [2.45, 2.75) is 13.5 Å². The minimum absolute atomic E-state index is 0.0867. The monoisotopic (exact) mass is 278 g/mol. The number of carboxylic acids is 1. The highest BCUT2D eigenvalue weighted by Crippen LogP contribution is 2.23. The average molecular weight is 278 g/mol. The minimum atomic E-state index is -1.04. The molecule has 2 aromatic heterocycles. The van der Waals surface area contributed by atoms with Crippen molar-refractivity contribution in [3.63, 3.8) is 0 Å². The van der Waals surface area contributed by atoms with Gasteiger partial charge < -0.3 is 15.7 Å². The van der Waals surface area contributed by atoms with Gasteiger partial charge in [-0.2, -0.15) is 0 Å². The highest BCUT2D eigenvalue weighted by atomic mass is 32.1. The van der Waals surface area contributed by atoms with Gasteiger partial charge in [0.1, 0.15) is 0 Å². The standard InChI is InChI=1S/C12H14N4O2S/c1-7-10(19-6-15-7)5-16(2)11-9(13)3-8(4-14-11)12(17)18/h3-4,6H,5,13H2,1-2H3,(H,17,18). The molecule has 0 aromatic carbocycles. The largest absolute Gasteiger partial charge is 0.478 e. The van der Waals surface area contributed by atoms with E-state index in [4.69, 9.17) is 10.8 Å². The van der Waals surface area contributed by atoms with Gasteiger partial charge in [-0.05, 0) is 13.0 Å². The van der Waals surface area contributed by atoms with E-state index in [0.717, 1.165) is 10.6 Å². The van der Waals surface area contributed by atoms with E-state index in [9.17, 15) is 4.79 Å². The van der Waals surface area contributed by atoms with Gasteiger partial charge in [-0.25, -0.2) is 14.8 Å². The van der Waals surface area contributed by atoms with Crippen molar-refractivity contribution in [2.75, 3.05) is 17.7 Å². The minimum Gasteiger partial charge on any atom is -0.478 e. The first kappa shape index (κ1) is 13.3. The molecule has 2 heterocycles. The molecule has 2 aromatic rings. The Balaban J connectivity index is 2.22. The summed E-state index contributed by atoms with van der Waals surface area (Å²) >= 11 is 1.57. The smallest absolute Gasteiger partial charge is 0.337 e. The van der Waals surface area contributed by atoms with Gasteiger partial charge in [0, 0.05) is 18.1 Å². The number of nitrogens with two attached hydrogens (primary N) is 1. The Bertz CT molecular complexity index is 612. The highest BCUT2D eigenvalue weighted by Gasteiger charge is 2.13. The second-order valence-electron chi connectivity index (χ2n) is 4.16. The van der Waals surface area contributed by atoms with Crippen LogP contribution in [0.4, 0.5) is 11.5 Å². The molecule has 0 bridgehead atoms. The molecule has 0 radical (unpaired) electrons. The van der Waals surface area contributed by atoms with Crippen LogP contribution >= 0.6 is 11.3 Å². The molecule has 0 unspecified atom stereocenters. The summed E-state index contributed by atoms with van der Waals surface area (Å²) in [6, 6.07) is 1.42. The zero-order valence-electron chi connectivity index (χ0n) is 10.6. The molecule has 6 nitrogen and oxygen atoms in total. The topological polar surface area (TPSA) is 92.3 Å². The van der Waals surface area contributed by atoms with E-state index in [1.807, 2.05) is 18.9 Å². The summed E-state index contributed by atoms with van der Waals surface area (Å²) in [5.41, 5.74) is 9.06. The highest BCUT2D eigenvalue weighted by molar-refractivity contribution is 7.09. The lowest BCUT2D eigenvalue weighted by Crippen LogP contribution is -2.19. The molecule has 2 rings (SSSR count). The third kappa shape index (κ3) is 2.82. The predicted molar refractivity (Wildman–Crippen MR) is 74.6 cm³/mol. The summed E-state index contributed by atoms with van der Waals surface area (Å²) in [7, 11) is 1.86. The summed E-state index contributed by atoms with van der Waals surface area (Å²) in [5.74, 6) is -0.468. The van der Waals surface area contributed by atoms with Gasteiger partial charge in [0.2, 0.25) is 0 Å². The fourth-order valence-corrected chi connectivity index (χ4v) is 2.51. The summed E-state index contributed by atoms with van der Waals surface area (Å²) in [4.78, 5) is 22.1. The van der Waals surface area contributed by atoms with E-state index in [2.05, 4.69) is 9.97 Å². The van der Waals surface area contributed by atoms with Gasteiger partial charge in [0.05, 0.1) is 29.0 Å². The molecule has 0 spiro atoms. The van der Waals surface area contributed by atoms with Crippen LogP contribution < -0.4 is 10.6 Å². The van der Waals surface area contributed by atoms with Crippen LogP contribution in [0.15, 0.2) is 17.8 Å². The quantitative estimate of drug-likeness (QED) is 0.885. The van der Waals surface area contributed by atoms with Crippen LogP contribution in [0.3, 0.4) is 0 Å². The summed E-state index contributed by atoms with van der Waals surface area (Å²) in [6.07, 6.45) is 1.31. The fraction of sp³-hybridized carbons (Fsp3) is 0.250. The maximum atomic E-state index is 10.8. The predicted octanol–water partition coefficient (Wildman–Crippen LogP) is 1.76. The molecule has 7 heteroatoms. The normalized spacial score (nSPS) is 10.4. The zero-order valence-corrected chi connectivity index (χ0v) is 11.4. The fourth-order valence-electron chi connectivity index (χ4n) is 1.68. The maximum Gasteiger partial charge on any atom is 0.337 e. The Morgan fingerprint density at radius 2 is 2.26 bits per heavy atom. The number of aromatic carboxylic acids is 1. The number of rotatable bonds is 4. The van der Waals surface area contributed by atoms with Crippen molar-refractivity contribution < 1.29 is 9.90 Å². The van der Waals surface area contributed by atoms with E-state index in [1.165, 1.54) is 12.3 Å². The number of nitrogens with zero attached hydrogens (tertiary/aromatic N) is 3. The Kier molecular flexibility index (Phi) is 3.66. The number of aryl methyl sites for hydroxylation is 1. The maximum absolute atomic E-state index is 10.8. The Morgan fingerprint density at radius 1 is 1.53 bits per heavy atom. The number of hydrogen-bond donors (Lipinski definition) is 2. The van der Waals surface area contributed by atoms with Crippen molar-refractivity contribution in [1.29, 1.82) is 0 Å². The Morgan fingerprint density at radius 3 is 2.79 bits per heavy atom. The molecule has 0 aliphatic rings. The Hall–Kier alpha value is -2.15. The van der Waals surface area contributed by atoms with Crippen molar-refractivity contribution in [3.8, 4) is 0 Å². The molecule has 0 saturated heterocycles. The molecule has 0 atom stereocenters. The number of nitrogen functional groups attached to an aromatic ring is 1. The molecule has 0 amide bonds. The van der Waals surface area contributed by atoms with Crippen LogP contribution in [-0.2, 0) is 6.54 Å². The molecule has 3 N–H and O–H groups in total. The lowest BCUT2D eigenvalue weighted by atomic mass is 10.2. The number of carbonyl (C=O) groups is 1. The van der Waals surface area contributed by atoms with Crippen LogP contribution in [0.5, 0.6) is 0 Å². The number of thiazole rings is 1. The van der Waals surface area contributed by atoms with Crippen molar-refractivity contribution in [3.05, 3.63) is 33.9 Å². The van der Waals surface area contributed by atoms with Crippen LogP contribution in [-0.4, -0.2) is 28.1 Å². The summed E-state index contributed by atoms with van der Waals surface area (Å²) in [6.45, 7) is 2.59. The van der Waals surface area contributed by atoms with Gasteiger partial charge in [-0.3, -0.25) is 0 Å². The Labute approximate surface area is 114 Å². The third-order valence-corrected chi connectivity index (χ3v) is 3.65.